The number of anilines is 1. The zero-order valence-corrected chi connectivity index (χ0v) is 11.9. The second-order valence-electron chi connectivity index (χ2n) is 3.86. The lowest BCUT2D eigenvalue weighted by Crippen LogP contribution is -2.16. The average Bonchev–Trinajstić information content (AvgIpc) is 2.73. The highest BCUT2D eigenvalue weighted by Crippen LogP contribution is 2.22. The van der Waals surface area contributed by atoms with Gasteiger partial charge in [0, 0.05) is 21.6 Å². The third-order valence-corrected chi connectivity index (χ3v) is 4.47. The van der Waals surface area contributed by atoms with E-state index in [1.807, 2.05) is 12.1 Å². The molecule has 0 atom stereocenters. The summed E-state index contributed by atoms with van der Waals surface area (Å²) in [7, 11) is 0. The van der Waals surface area contributed by atoms with Crippen LogP contribution in [0.3, 0.4) is 0 Å². The Morgan fingerprint density at radius 1 is 1.18 bits per heavy atom. The van der Waals surface area contributed by atoms with Crippen molar-refractivity contribution in [1.29, 1.82) is 0 Å². The van der Waals surface area contributed by atoms with E-state index in [9.17, 15) is 0 Å². The minimum atomic E-state index is 0.823. The predicted molar refractivity (Wildman–Crippen MR) is 78.3 cm³/mol. The number of rotatable bonds is 5. The van der Waals surface area contributed by atoms with Crippen LogP contribution in [0.25, 0.3) is 0 Å². The van der Waals surface area contributed by atoms with Gasteiger partial charge in [-0.25, -0.2) is 0 Å². The summed E-state index contributed by atoms with van der Waals surface area (Å²) >= 11 is 5.30. The fraction of sp³-hybridized carbons (Fsp3) is 0.231. The molecule has 1 heterocycles. The largest absolute Gasteiger partial charge is 0.399 e. The van der Waals surface area contributed by atoms with Crippen molar-refractivity contribution in [2.45, 2.75) is 13.0 Å². The summed E-state index contributed by atoms with van der Waals surface area (Å²) in [5.74, 6) is 0. The van der Waals surface area contributed by atoms with Gasteiger partial charge in [-0.05, 0) is 58.0 Å². The standard InChI is InChI=1S/C13H15BrN2S/c14-12-6-8-17-13(12)9-16-7-5-10-1-3-11(15)4-2-10/h1-4,6,8,16H,5,7,9,15H2. The SMILES string of the molecule is Nc1ccc(CCNCc2sccc2Br)cc1. The van der Waals surface area contributed by atoms with E-state index >= 15 is 0 Å². The summed E-state index contributed by atoms with van der Waals surface area (Å²) in [4.78, 5) is 1.35. The van der Waals surface area contributed by atoms with E-state index in [0.29, 0.717) is 0 Å². The molecule has 3 N–H and O–H groups in total. The minimum absolute atomic E-state index is 0.823. The first kappa shape index (κ1) is 12.6. The van der Waals surface area contributed by atoms with Crippen LogP contribution < -0.4 is 11.1 Å². The molecule has 4 heteroatoms. The van der Waals surface area contributed by atoms with Gasteiger partial charge in [0.25, 0.3) is 0 Å². The van der Waals surface area contributed by atoms with Crippen molar-refractivity contribution in [2.75, 3.05) is 12.3 Å². The van der Waals surface area contributed by atoms with Crippen LogP contribution in [-0.2, 0) is 13.0 Å². The van der Waals surface area contributed by atoms with Gasteiger partial charge in [0.05, 0.1) is 0 Å². The molecule has 17 heavy (non-hydrogen) atoms. The quantitative estimate of drug-likeness (QED) is 0.656. The van der Waals surface area contributed by atoms with Crippen LogP contribution in [0.4, 0.5) is 5.69 Å². The molecule has 0 fully saturated rings. The normalized spacial score (nSPS) is 10.6. The Morgan fingerprint density at radius 3 is 2.59 bits per heavy atom. The van der Waals surface area contributed by atoms with Crippen molar-refractivity contribution in [1.82, 2.24) is 5.32 Å². The highest BCUT2D eigenvalue weighted by Gasteiger charge is 2.00. The average molecular weight is 311 g/mol. The van der Waals surface area contributed by atoms with Crippen LogP contribution in [0, 0.1) is 0 Å². The molecular formula is C13H15BrN2S. The topological polar surface area (TPSA) is 38.0 Å². The number of hydrogen-bond acceptors (Lipinski definition) is 3. The van der Waals surface area contributed by atoms with Gasteiger partial charge in [0.2, 0.25) is 0 Å². The van der Waals surface area contributed by atoms with E-state index in [4.69, 9.17) is 5.73 Å². The molecule has 0 aliphatic rings. The first-order valence-electron chi connectivity index (χ1n) is 5.53. The van der Waals surface area contributed by atoms with Crippen molar-refractivity contribution in [3.05, 3.63) is 50.6 Å². The van der Waals surface area contributed by atoms with Gasteiger partial charge in [-0.3, -0.25) is 0 Å². The molecule has 2 rings (SSSR count). The fourth-order valence-corrected chi connectivity index (χ4v) is 3.03. The Hall–Kier alpha value is -0.840. The number of nitrogens with one attached hydrogen (secondary N) is 1. The summed E-state index contributed by atoms with van der Waals surface area (Å²) < 4.78 is 1.20. The molecule has 0 amide bonds. The smallest absolute Gasteiger partial charge is 0.0327 e. The highest BCUT2D eigenvalue weighted by atomic mass is 79.9. The van der Waals surface area contributed by atoms with Gasteiger partial charge >= 0.3 is 0 Å². The van der Waals surface area contributed by atoms with E-state index < -0.39 is 0 Å². The summed E-state index contributed by atoms with van der Waals surface area (Å²) in [6.45, 7) is 1.90. The lowest BCUT2D eigenvalue weighted by molar-refractivity contribution is 0.692. The maximum atomic E-state index is 5.64. The molecule has 0 saturated carbocycles. The first-order valence-corrected chi connectivity index (χ1v) is 7.20. The molecule has 0 radical (unpaired) electrons. The Balaban J connectivity index is 1.73. The summed E-state index contributed by atoms with van der Waals surface area (Å²) in [6.07, 6.45) is 1.03. The van der Waals surface area contributed by atoms with Crippen LogP contribution in [-0.4, -0.2) is 6.54 Å². The second-order valence-corrected chi connectivity index (χ2v) is 5.72. The van der Waals surface area contributed by atoms with Crippen molar-refractivity contribution in [3.8, 4) is 0 Å². The van der Waals surface area contributed by atoms with Crippen molar-refractivity contribution in [3.63, 3.8) is 0 Å². The van der Waals surface area contributed by atoms with Crippen LogP contribution >= 0.6 is 27.3 Å². The number of benzene rings is 1. The van der Waals surface area contributed by atoms with Crippen LogP contribution in [0.5, 0.6) is 0 Å². The number of nitrogen functional groups attached to an aromatic ring is 1. The fourth-order valence-electron chi connectivity index (χ4n) is 1.57. The molecule has 1 aromatic heterocycles. The van der Waals surface area contributed by atoms with Gasteiger partial charge in [0.15, 0.2) is 0 Å². The molecule has 2 nitrogen and oxygen atoms in total. The molecule has 2 aromatic rings. The van der Waals surface area contributed by atoms with Gasteiger partial charge < -0.3 is 11.1 Å². The molecule has 0 saturated heterocycles. The Kier molecular flexibility index (Phi) is 4.59. The zero-order valence-electron chi connectivity index (χ0n) is 9.45. The third-order valence-electron chi connectivity index (χ3n) is 2.55. The third kappa shape index (κ3) is 3.84. The maximum Gasteiger partial charge on any atom is 0.0327 e. The molecule has 90 valence electrons. The van der Waals surface area contributed by atoms with E-state index in [1.54, 1.807) is 11.3 Å². The Morgan fingerprint density at radius 2 is 1.94 bits per heavy atom. The van der Waals surface area contributed by atoms with Gasteiger partial charge in [0.1, 0.15) is 0 Å². The Labute approximate surface area is 114 Å². The van der Waals surface area contributed by atoms with Crippen molar-refractivity contribution in [2.24, 2.45) is 0 Å². The predicted octanol–water partition coefficient (Wildman–Crippen LogP) is 3.43. The summed E-state index contributed by atoms with van der Waals surface area (Å²) in [5.41, 5.74) is 7.78. The van der Waals surface area contributed by atoms with Gasteiger partial charge in [-0.1, -0.05) is 12.1 Å². The minimum Gasteiger partial charge on any atom is -0.399 e. The molecule has 0 aliphatic heterocycles. The van der Waals surface area contributed by atoms with Crippen molar-refractivity contribution < 1.29 is 0 Å². The van der Waals surface area contributed by atoms with Gasteiger partial charge in [-0.15, -0.1) is 11.3 Å². The number of halogens is 1. The first-order chi connectivity index (χ1) is 8.25. The van der Waals surface area contributed by atoms with E-state index in [0.717, 1.165) is 25.2 Å². The van der Waals surface area contributed by atoms with Gasteiger partial charge in [-0.2, -0.15) is 0 Å². The summed E-state index contributed by atoms with van der Waals surface area (Å²) in [5, 5.41) is 5.54. The van der Waals surface area contributed by atoms with E-state index in [2.05, 4.69) is 44.8 Å². The number of thiophene rings is 1. The molecule has 1 aromatic carbocycles. The monoisotopic (exact) mass is 310 g/mol. The number of hydrogen-bond donors (Lipinski definition) is 2. The van der Waals surface area contributed by atoms with E-state index in [-0.39, 0.29) is 0 Å². The van der Waals surface area contributed by atoms with Crippen molar-refractivity contribution >= 4 is 33.0 Å². The second kappa shape index (κ2) is 6.19. The highest BCUT2D eigenvalue weighted by molar-refractivity contribution is 9.10. The van der Waals surface area contributed by atoms with Crippen LogP contribution in [0.15, 0.2) is 40.2 Å². The molecular weight excluding hydrogens is 296 g/mol. The molecule has 0 spiro atoms. The summed E-state index contributed by atoms with van der Waals surface area (Å²) in [6, 6.07) is 10.1. The van der Waals surface area contributed by atoms with E-state index in [1.165, 1.54) is 14.9 Å². The van der Waals surface area contributed by atoms with Crippen LogP contribution in [0.2, 0.25) is 0 Å². The lowest BCUT2D eigenvalue weighted by atomic mass is 10.1. The molecule has 0 unspecified atom stereocenters. The van der Waals surface area contributed by atoms with Crippen LogP contribution in [0.1, 0.15) is 10.4 Å². The molecule has 0 bridgehead atoms. The maximum absolute atomic E-state index is 5.64. The Bertz CT molecular complexity index is 465. The lowest BCUT2D eigenvalue weighted by Gasteiger charge is -2.04. The zero-order chi connectivity index (χ0) is 12.1. The molecule has 0 aliphatic carbocycles. The number of nitrogens with two attached hydrogens (primary N) is 1.